The molecular formula is C12H18N2O5. The topological polar surface area (TPSA) is 87.2 Å². The van der Waals surface area contributed by atoms with Crippen LogP contribution in [0.1, 0.15) is 19.8 Å². The number of aliphatic hydroxyl groups is 1. The molecule has 2 aliphatic heterocycles. The van der Waals surface area contributed by atoms with E-state index in [0.29, 0.717) is 13.0 Å². The fourth-order valence-corrected chi connectivity index (χ4v) is 2.65. The van der Waals surface area contributed by atoms with Crippen LogP contribution in [0.25, 0.3) is 0 Å². The molecule has 0 radical (unpaired) electrons. The van der Waals surface area contributed by atoms with Crippen LogP contribution in [-0.4, -0.2) is 71.1 Å². The minimum atomic E-state index is -1.80. The van der Waals surface area contributed by atoms with E-state index >= 15 is 0 Å². The largest absolute Gasteiger partial charge is 0.467 e. The van der Waals surface area contributed by atoms with Crippen LogP contribution in [0, 0.1) is 0 Å². The Kier molecular flexibility index (Phi) is 3.49. The van der Waals surface area contributed by atoms with Gasteiger partial charge in [-0.2, -0.15) is 0 Å². The average molecular weight is 270 g/mol. The van der Waals surface area contributed by atoms with Gasteiger partial charge >= 0.3 is 5.97 Å². The second kappa shape index (κ2) is 4.80. The quantitative estimate of drug-likeness (QED) is 0.647. The predicted octanol–water partition coefficient (Wildman–Crippen LogP) is -1.26. The van der Waals surface area contributed by atoms with E-state index in [4.69, 9.17) is 0 Å². The Balaban J connectivity index is 2.11. The number of carbonyl (C=O) groups excluding carboxylic acids is 3. The van der Waals surface area contributed by atoms with Crippen molar-refractivity contribution >= 4 is 17.8 Å². The van der Waals surface area contributed by atoms with Crippen molar-refractivity contribution in [2.45, 2.75) is 31.4 Å². The van der Waals surface area contributed by atoms with Gasteiger partial charge in [0.2, 0.25) is 11.8 Å². The minimum absolute atomic E-state index is 0.0948. The van der Waals surface area contributed by atoms with Gasteiger partial charge in [0, 0.05) is 6.54 Å². The zero-order valence-corrected chi connectivity index (χ0v) is 11.1. The summed E-state index contributed by atoms with van der Waals surface area (Å²) in [6.45, 7) is 1.56. The molecule has 0 aliphatic carbocycles. The van der Waals surface area contributed by atoms with Crippen LogP contribution in [0.15, 0.2) is 0 Å². The van der Waals surface area contributed by atoms with E-state index < -0.39 is 17.6 Å². The number of carbonyl (C=O) groups is 3. The zero-order valence-electron chi connectivity index (χ0n) is 11.1. The molecule has 0 spiro atoms. The van der Waals surface area contributed by atoms with Crippen molar-refractivity contribution in [1.82, 2.24) is 9.80 Å². The molecule has 2 amide bonds. The molecule has 7 nitrogen and oxygen atoms in total. The molecule has 106 valence electrons. The van der Waals surface area contributed by atoms with Crippen molar-refractivity contribution in [2.24, 2.45) is 0 Å². The molecule has 0 saturated carbocycles. The molecule has 0 aromatic heterocycles. The Bertz CT molecular complexity index is 420. The number of amides is 2. The van der Waals surface area contributed by atoms with E-state index in [-0.39, 0.29) is 24.9 Å². The van der Waals surface area contributed by atoms with Gasteiger partial charge in [-0.3, -0.25) is 9.59 Å². The number of rotatable bonds is 3. The number of methoxy groups -OCH3 is 1. The van der Waals surface area contributed by atoms with Crippen LogP contribution >= 0.6 is 0 Å². The summed E-state index contributed by atoms with van der Waals surface area (Å²) in [5.74, 6) is -1.16. The molecule has 2 fully saturated rings. The maximum absolute atomic E-state index is 12.2. The lowest BCUT2D eigenvalue weighted by molar-refractivity contribution is -0.168. The smallest absolute Gasteiger partial charge is 0.339 e. The third-order valence-corrected chi connectivity index (χ3v) is 3.62. The van der Waals surface area contributed by atoms with Gasteiger partial charge in [0.1, 0.15) is 6.04 Å². The molecule has 2 atom stereocenters. The molecule has 2 aliphatic rings. The monoisotopic (exact) mass is 270 g/mol. The maximum atomic E-state index is 12.2. The molecule has 19 heavy (non-hydrogen) atoms. The Morgan fingerprint density at radius 1 is 1.53 bits per heavy atom. The predicted molar refractivity (Wildman–Crippen MR) is 64.0 cm³/mol. The van der Waals surface area contributed by atoms with Crippen LogP contribution in [0.5, 0.6) is 0 Å². The summed E-state index contributed by atoms with van der Waals surface area (Å²) in [5, 5.41) is 9.99. The summed E-state index contributed by atoms with van der Waals surface area (Å²) >= 11 is 0. The summed E-state index contributed by atoms with van der Waals surface area (Å²) in [6, 6.07) is -0.435. The van der Waals surface area contributed by atoms with Crippen molar-refractivity contribution < 1.29 is 24.2 Å². The maximum Gasteiger partial charge on any atom is 0.339 e. The highest BCUT2D eigenvalue weighted by Crippen LogP contribution is 2.24. The van der Waals surface area contributed by atoms with Crippen molar-refractivity contribution in [3.8, 4) is 0 Å². The Labute approximate surface area is 111 Å². The first-order valence-corrected chi connectivity index (χ1v) is 6.26. The van der Waals surface area contributed by atoms with E-state index in [1.54, 1.807) is 4.90 Å². The standard InChI is InChI=1S/C12H18N2O5/c1-12(18,11(17)19-2)7-13-6-9(15)14-5-3-4-8(14)10(13)16/h8,18H,3-7H2,1-2H3. The summed E-state index contributed by atoms with van der Waals surface area (Å²) in [5.41, 5.74) is -1.80. The Morgan fingerprint density at radius 2 is 2.21 bits per heavy atom. The highest BCUT2D eigenvalue weighted by atomic mass is 16.5. The number of hydrogen-bond acceptors (Lipinski definition) is 5. The van der Waals surface area contributed by atoms with Gasteiger partial charge in [0.15, 0.2) is 5.60 Å². The molecule has 2 unspecified atom stereocenters. The highest BCUT2D eigenvalue weighted by molar-refractivity contribution is 5.95. The lowest BCUT2D eigenvalue weighted by atomic mass is 10.0. The second-order valence-electron chi connectivity index (χ2n) is 5.20. The van der Waals surface area contributed by atoms with Crippen molar-refractivity contribution in [1.29, 1.82) is 0 Å². The van der Waals surface area contributed by atoms with E-state index in [2.05, 4.69) is 4.74 Å². The number of esters is 1. The number of nitrogens with zero attached hydrogens (tertiary/aromatic N) is 2. The third kappa shape index (κ3) is 2.42. The van der Waals surface area contributed by atoms with E-state index in [0.717, 1.165) is 6.42 Å². The van der Waals surface area contributed by atoms with E-state index in [1.807, 2.05) is 0 Å². The van der Waals surface area contributed by atoms with Gasteiger partial charge in [0.25, 0.3) is 0 Å². The first kappa shape index (κ1) is 13.8. The summed E-state index contributed by atoms with van der Waals surface area (Å²) in [4.78, 5) is 38.3. The summed E-state index contributed by atoms with van der Waals surface area (Å²) in [7, 11) is 1.17. The van der Waals surface area contributed by atoms with Crippen LogP contribution in [0.3, 0.4) is 0 Å². The first-order valence-electron chi connectivity index (χ1n) is 6.26. The van der Waals surface area contributed by atoms with E-state index in [9.17, 15) is 19.5 Å². The SMILES string of the molecule is COC(=O)C(C)(O)CN1CC(=O)N2CCCC2C1=O. The van der Waals surface area contributed by atoms with Crippen LogP contribution < -0.4 is 0 Å². The number of piperazine rings is 1. The zero-order chi connectivity index (χ0) is 14.2. The Hall–Kier alpha value is -1.63. The van der Waals surface area contributed by atoms with Crippen molar-refractivity contribution in [3.05, 3.63) is 0 Å². The normalized spacial score (nSPS) is 26.2. The van der Waals surface area contributed by atoms with Gasteiger partial charge in [0.05, 0.1) is 20.2 Å². The molecule has 2 rings (SSSR count). The van der Waals surface area contributed by atoms with Gasteiger partial charge < -0.3 is 19.6 Å². The fourth-order valence-electron chi connectivity index (χ4n) is 2.65. The van der Waals surface area contributed by atoms with Crippen molar-refractivity contribution in [3.63, 3.8) is 0 Å². The Morgan fingerprint density at radius 3 is 2.84 bits per heavy atom. The molecule has 0 bridgehead atoms. The third-order valence-electron chi connectivity index (χ3n) is 3.62. The summed E-state index contributed by atoms with van der Waals surface area (Å²) < 4.78 is 4.48. The minimum Gasteiger partial charge on any atom is -0.467 e. The van der Waals surface area contributed by atoms with Gasteiger partial charge in [-0.1, -0.05) is 0 Å². The van der Waals surface area contributed by atoms with Gasteiger partial charge in [-0.15, -0.1) is 0 Å². The van der Waals surface area contributed by atoms with Crippen molar-refractivity contribution in [2.75, 3.05) is 26.7 Å². The van der Waals surface area contributed by atoms with Gasteiger partial charge in [-0.25, -0.2) is 4.79 Å². The number of β-amino-alcohol motifs (C(OH)–C–C–N with tert-alkyl or cyclic N) is 1. The lowest BCUT2D eigenvalue weighted by Gasteiger charge is -2.38. The van der Waals surface area contributed by atoms with E-state index in [1.165, 1.54) is 18.9 Å². The van der Waals surface area contributed by atoms with Crippen LogP contribution in [-0.2, 0) is 19.1 Å². The number of ether oxygens (including phenoxy) is 1. The lowest BCUT2D eigenvalue weighted by Crippen LogP contribution is -2.61. The second-order valence-corrected chi connectivity index (χ2v) is 5.20. The molecular weight excluding hydrogens is 252 g/mol. The molecule has 0 aromatic carbocycles. The molecule has 0 aromatic rings. The molecule has 1 N–H and O–H groups in total. The number of fused-ring (bicyclic) bond motifs is 1. The molecule has 2 saturated heterocycles. The van der Waals surface area contributed by atoms with Crippen LogP contribution in [0.4, 0.5) is 0 Å². The molecule has 2 heterocycles. The number of hydrogen-bond donors (Lipinski definition) is 1. The first-order chi connectivity index (χ1) is 8.86. The van der Waals surface area contributed by atoms with Gasteiger partial charge in [-0.05, 0) is 19.8 Å². The molecule has 7 heteroatoms. The highest BCUT2D eigenvalue weighted by Gasteiger charge is 2.45. The average Bonchev–Trinajstić information content (AvgIpc) is 2.84. The van der Waals surface area contributed by atoms with Crippen LogP contribution in [0.2, 0.25) is 0 Å². The fraction of sp³-hybridized carbons (Fsp3) is 0.750. The summed E-state index contributed by atoms with van der Waals surface area (Å²) in [6.07, 6.45) is 1.45.